The van der Waals surface area contributed by atoms with Crippen molar-refractivity contribution in [3.63, 3.8) is 0 Å². The highest BCUT2D eigenvalue weighted by molar-refractivity contribution is 7.16. The van der Waals surface area contributed by atoms with Gasteiger partial charge in [0.15, 0.2) is 0 Å². The van der Waals surface area contributed by atoms with Crippen molar-refractivity contribution in [3.05, 3.63) is 75.9 Å². The SMILES string of the molecule is Cc1c(N(Cc2ccccn2)c2ccc(C(=O)O)cc2)sc2c1C(C)(C)CCC2(C)C. The zero-order valence-electron chi connectivity index (χ0n) is 18.9. The number of carboxylic acid groups (broad SMARTS) is 1. The Hall–Kier alpha value is -2.66. The van der Waals surface area contributed by atoms with Gasteiger partial charge < -0.3 is 10.0 Å². The van der Waals surface area contributed by atoms with Gasteiger partial charge in [0.2, 0.25) is 0 Å². The number of anilines is 2. The number of carbonyl (C=O) groups is 1. The van der Waals surface area contributed by atoms with Gasteiger partial charge in [-0.15, -0.1) is 11.3 Å². The molecular weight excluding hydrogens is 404 g/mol. The highest BCUT2D eigenvalue weighted by Crippen LogP contribution is 2.54. The summed E-state index contributed by atoms with van der Waals surface area (Å²) in [5.74, 6) is -0.908. The Balaban J connectivity index is 1.86. The van der Waals surface area contributed by atoms with Crippen molar-refractivity contribution < 1.29 is 9.90 Å². The average molecular weight is 435 g/mol. The third-order valence-corrected chi connectivity index (χ3v) is 8.19. The normalized spacial score (nSPS) is 16.5. The summed E-state index contributed by atoms with van der Waals surface area (Å²) in [6.45, 7) is 12.3. The van der Waals surface area contributed by atoms with Crippen LogP contribution in [0.15, 0.2) is 48.7 Å². The fourth-order valence-electron chi connectivity index (χ4n) is 4.63. The predicted molar refractivity (Wildman–Crippen MR) is 128 cm³/mol. The molecule has 1 aliphatic rings. The first-order valence-corrected chi connectivity index (χ1v) is 11.6. The third kappa shape index (κ3) is 3.99. The smallest absolute Gasteiger partial charge is 0.335 e. The minimum atomic E-state index is -0.908. The lowest BCUT2D eigenvalue weighted by Crippen LogP contribution is -2.32. The molecule has 0 saturated heterocycles. The van der Waals surface area contributed by atoms with Crippen LogP contribution in [0.5, 0.6) is 0 Å². The van der Waals surface area contributed by atoms with Crippen LogP contribution in [0.3, 0.4) is 0 Å². The molecule has 0 atom stereocenters. The molecule has 0 bridgehead atoms. The Morgan fingerprint density at radius 3 is 2.32 bits per heavy atom. The van der Waals surface area contributed by atoms with Gasteiger partial charge in [-0.2, -0.15) is 0 Å². The van der Waals surface area contributed by atoms with Gasteiger partial charge in [0.05, 0.1) is 22.8 Å². The van der Waals surface area contributed by atoms with Crippen molar-refractivity contribution in [2.75, 3.05) is 4.90 Å². The quantitative estimate of drug-likeness (QED) is 0.478. The van der Waals surface area contributed by atoms with E-state index in [0.29, 0.717) is 12.1 Å². The van der Waals surface area contributed by atoms with Gasteiger partial charge in [0, 0.05) is 16.8 Å². The number of pyridine rings is 1. The van der Waals surface area contributed by atoms with E-state index in [9.17, 15) is 9.90 Å². The standard InChI is InChI=1S/C26H30N2O2S/c1-17-21-22(26(4,5)14-13-25(21,2)3)31-23(17)28(16-19-8-6-7-15-27-19)20-11-9-18(10-12-20)24(29)30/h6-12,15H,13-14,16H2,1-5H3,(H,29,30). The van der Waals surface area contributed by atoms with Crippen LogP contribution in [0.1, 0.15) is 72.6 Å². The number of aromatic carboxylic acids is 1. The molecule has 0 amide bonds. The van der Waals surface area contributed by atoms with Crippen molar-refractivity contribution in [3.8, 4) is 0 Å². The first-order valence-electron chi connectivity index (χ1n) is 10.8. The molecule has 4 nitrogen and oxygen atoms in total. The van der Waals surface area contributed by atoms with E-state index >= 15 is 0 Å². The van der Waals surface area contributed by atoms with E-state index in [1.54, 1.807) is 12.1 Å². The molecule has 0 saturated carbocycles. The van der Waals surface area contributed by atoms with Crippen LogP contribution in [0.4, 0.5) is 10.7 Å². The summed E-state index contributed by atoms with van der Waals surface area (Å²) in [6.07, 6.45) is 4.18. The second-order valence-electron chi connectivity index (χ2n) is 9.76. The largest absolute Gasteiger partial charge is 0.478 e. The number of rotatable bonds is 5. The highest BCUT2D eigenvalue weighted by atomic mass is 32.1. The molecule has 3 aromatic rings. The van der Waals surface area contributed by atoms with E-state index in [1.807, 2.05) is 47.9 Å². The van der Waals surface area contributed by atoms with Gasteiger partial charge in [-0.3, -0.25) is 4.98 Å². The van der Waals surface area contributed by atoms with E-state index in [4.69, 9.17) is 0 Å². The van der Waals surface area contributed by atoms with Crippen molar-refractivity contribution in [2.24, 2.45) is 0 Å². The van der Waals surface area contributed by atoms with Crippen LogP contribution in [0, 0.1) is 6.92 Å². The fraction of sp³-hybridized carbons (Fsp3) is 0.385. The second kappa shape index (κ2) is 7.79. The summed E-state index contributed by atoms with van der Waals surface area (Å²) in [5, 5.41) is 10.5. The number of hydrogen-bond acceptors (Lipinski definition) is 4. The zero-order valence-corrected chi connectivity index (χ0v) is 19.7. The minimum absolute atomic E-state index is 0.146. The number of fused-ring (bicyclic) bond motifs is 1. The van der Waals surface area contributed by atoms with Crippen LogP contribution in [-0.2, 0) is 17.4 Å². The maximum Gasteiger partial charge on any atom is 0.335 e. The van der Waals surface area contributed by atoms with E-state index in [1.165, 1.54) is 33.8 Å². The van der Waals surface area contributed by atoms with E-state index in [-0.39, 0.29) is 10.8 Å². The number of aromatic nitrogens is 1. The molecule has 31 heavy (non-hydrogen) atoms. The molecule has 0 aliphatic heterocycles. The molecule has 5 heteroatoms. The van der Waals surface area contributed by atoms with Crippen molar-refractivity contribution in [2.45, 2.75) is 64.8 Å². The first kappa shape index (κ1) is 21.6. The zero-order chi connectivity index (χ0) is 22.4. The fourth-order valence-corrected chi connectivity index (χ4v) is 6.27. The topological polar surface area (TPSA) is 53.4 Å². The molecule has 162 valence electrons. The molecule has 1 aromatic carbocycles. The van der Waals surface area contributed by atoms with Crippen LogP contribution >= 0.6 is 11.3 Å². The lowest BCUT2D eigenvalue weighted by atomic mass is 9.66. The van der Waals surface area contributed by atoms with Gasteiger partial charge in [0.1, 0.15) is 0 Å². The number of nitrogens with zero attached hydrogens (tertiary/aromatic N) is 2. The highest BCUT2D eigenvalue weighted by Gasteiger charge is 2.41. The molecule has 4 rings (SSSR count). The van der Waals surface area contributed by atoms with Crippen molar-refractivity contribution in [1.29, 1.82) is 0 Å². The Morgan fingerprint density at radius 2 is 1.74 bits per heavy atom. The van der Waals surface area contributed by atoms with Crippen molar-refractivity contribution in [1.82, 2.24) is 4.98 Å². The van der Waals surface area contributed by atoms with Crippen molar-refractivity contribution >= 4 is 28.0 Å². The molecule has 1 N–H and O–H groups in total. The summed E-state index contributed by atoms with van der Waals surface area (Å²) < 4.78 is 0. The van der Waals surface area contributed by atoms with E-state index < -0.39 is 5.97 Å². The molecule has 0 spiro atoms. The monoisotopic (exact) mass is 434 g/mol. The summed E-state index contributed by atoms with van der Waals surface area (Å²) in [6, 6.07) is 13.1. The molecule has 0 radical (unpaired) electrons. The van der Waals surface area contributed by atoms with Crippen LogP contribution in [0.25, 0.3) is 0 Å². The maximum atomic E-state index is 11.4. The van der Waals surface area contributed by atoms with Crippen LogP contribution in [-0.4, -0.2) is 16.1 Å². The molecule has 1 aliphatic carbocycles. The Labute approximate surface area is 188 Å². The van der Waals surface area contributed by atoms with Gasteiger partial charge in [0.25, 0.3) is 0 Å². The number of benzene rings is 1. The Bertz CT molecular complexity index is 1100. The maximum absolute atomic E-state index is 11.4. The molecular formula is C26H30N2O2S. The number of hydrogen-bond donors (Lipinski definition) is 1. The van der Waals surface area contributed by atoms with Gasteiger partial charge in [-0.05, 0) is 78.1 Å². The van der Waals surface area contributed by atoms with Gasteiger partial charge >= 0.3 is 5.97 Å². The van der Waals surface area contributed by atoms with Gasteiger partial charge in [-0.25, -0.2) is 4.79 Å². The molecule has 2 aromatic heterocycles. The predicted octanol–water partition coefficient (Wildman–Crippen LogP) is 6.84. The van der Waals surface area contributed by atoms with E-state index in [2.05, 4.69) is 44.5 Å². The average Bonchev–Trinajstić information content (AvgIpc) is 3.10. The first-order chi connectivity index (χ1) is 14.6. The van der Waals surface area contributed by atoms with Crippen LogP contribution in [0.2, 0.25) is 0 Å². The Morgan fingerprint density at radius 1 is 1.06 bits per heavy atom. The van der Waals surface area contributed by atoms with Gasteiger partial charge in [-0.1, -0.05) is 33.8 Å². The molecule has 0 unspecified atom stereocenters. The number of carboxylic acids is 1. The summed E-state index contributed by atoms with van der Waals surface area (Å²) >= 11 is 1.89. The summed E-state index contributed by atoms with van der Waals surface area (Å²) in [7, 11) is 0. The summed E-state index contributed by atoms with van der Waals surface area (Å²) in [4.78, 5) is 19.7. The Kier molecular flexibility index (Phi) is 5.42. The lowest BCUT2D eigenvalue weighted by molar-refractivity contribution is 0.0697. The lowest BCUT2D eigenvalue weighted by Gasteiger charge is -2.39. The third-order valence-electron chi connectivity index (χ3n) is 6.51. The minimum Gasteiger partial charge on any atom is -0.478 e. The van der Waals surface area contributed by atoms with E-state index in [0.717, 1.165) is 11.4 Å². The number of thiophene rings is 1. The molecule has 0 fully saturated rings. The second-order valence-corrected chi connectivity index (χ2v) is 10.8. The summed E-state index contributed by atoms with van der Waals surface area (Å²) in [5.41, 5.74) is 5.37. The molecule has 2 heterocycles. The van der Waals surface area contributed by atoms with Crippen LogP contribution < -0.4 is 4.90 Å².